The van der Waals surface area contributed by atoms with Crippen molar-refractivity contribution < 1.29 is 4.52 Å². The van der Waals surface area contributed by atoms with E-state index in [0.717, 1.165) is 16.8 Å². The van der Waals surface area contributed by atoms with E-state index in [4.69, 9.17) is 16.1 Å². The molecule has 9 heteroatoms. The summed E-state index contributed by atoms with van der Waals surface area (Å²) in [6.45, 7) is 2.06. The van der Waals surface area contributed by atoms with Crippen molar-refractivity contribution in [2.45, 2.75) is 13.5 Å². The van der Waals surface area contributed by atoms with Crippen LogP contribution >= 0.6 is 11.6 Å². The lowest BCUT2D eigenvalue weighted by Gasteiger charge is -2.08. The molecule has 30 heavy (non-hydrogen) atoms. The largest absolute Gasteiger partial charge is 0.337 e. The SMILES string of the molecule is Cc1ccc(Cl)cc1-n1ncc2c(=O)n(Cc3nc(-c4ccccc4)no3)cnc21. The molecule has 0 saturated carbocycles. The van der Waals surface area contributed by atoms with Crippen molar-refractivity contribution in [3.05, 3.63) is 87.9 Å². The molecule has 0 amide bonds. The van der Waals surface area contributed by atoms with Gasteiger partial charge in [0.25, 0.3) is 5.56 Å². The summed E-state index contributed by atoms with van der Waals surface area (Å²) in [4.78, 5) is 21.8. The zero-order chi connectivity index (χ0) is 20.7. The van der Waals surface area contributed by atoms with Crippen LogP contribution in [-0.4, -0.2) is 29.5 Å². The lowest BCUT2D eigenvalue weighted by molar-refractivity contribution is 0.369. The van der Waals surface area contributed by atoms with Gasteiger partial charge in [-0.25, -0.2) is 9.67 Å². The van der Waals surface area contributed by atoms with Crippen molar-refractivity contribution in [3.63, 3.8) is 0 Å². The molecule has 0 aliphatic heterocycles. The summed E-state index contributed by atoms with van der Waals surface area (Å²) >= 11 is 6.13. The lowest BCUT2D eigenvalue weighted by Crippen LogP contribution is -2.21. The van der Waals surface area contributed by atoms with E-state index in [0.29, 0.717) is 27.8 Å². The van der Waals surface area contributed by atoms with Crippen molar-refractivity contribution in [3.8, 4) is 17.1 Å². The Labute approximate surface area is 175 Å². The molecular weight excluding hydrogens is 404 g/mol. The second kappa shape index (κ2) is 7.23. The molecule has 0 aliphatic carbocycles. The molecule has 0 atom stereocenters. The van der Waals surface area contributed by atoms with Gasteiger partial charge in [0.2, 0.25) is 11.7 Å². The number of halogens is 1. The Morgan fingerprint density at radius 2 is 1.97 bits per heavy atom. The summed E-state index contributed by atoms with van der Waals surface area (Å²) in [6, 6.07) is 15.0. The van der Waals surface area contributed by atoms with Gasteiger partial charge in [-0.05, 0) is 24.6 Å². The highest BCUT2D eigenvalue weighted by atomic mass is 35.5. The van der Waals surface area contributed by atoms with Gasteiger partial charge in [-0.15, -0.1) is 0 Å². The molecule has 0 aliphatic rings. The molecule has 0 bridgehead atoms. The van der Waals surface area contributed by atoms with E-state index in [-0.39, 0.29) is 12.1 Å². The molecule has 0 fully saturated rings. The number of nitrogens with zero attached hydrogens (tertiary/aromatic N) is 6. The molecule has 0 radical (unpaired) electrons. The van der Waals surface area contributed by atoms with Crippen LogP contribution in [0.2, 0.25) is 5.02 Å². The van der Waals surface area contributed by atoms with Gasteiger partial charge in [0.15, 0.2) is 5.65 Å². The van der Waals surface area contributed by atoms with Crippen LogP contribution in [-0.2, 0) is 6.54 Å². The molecule has 8 nitrogen and oxygen atoms in total. The highest BCUT2D eigenvalue weighted by Gasteiger charge is 2.15. The van der Waals surface area contributed by atoms with Gasteiger partial charge >= 0.3 is 0 Å². The van der Waals surface area contributed by atoms with Crippen molar-refractivity contribution in [2.24, 2.45) is 0 Å². The van der Waals surface area contributed by atoms with E-state index in [2.05, 4.69) is 20.2 Å². The molecule has 0 spiro atoms. The predicted octanol–water partition coefficient (Wildman–Crippen LogP) is 3.64. The fourth-order valence-corrected chi connectivity index (χ4v) is 3.38. The Morgan fingerprint density at radius 1 is 1.13 bits per heavy atom. The molecular formula is C21H15ClN6O2. The average molecular weight is 419 g/mol. The maximum atomic E-state index is 13.0. The van der Waals surface area contributed by atoms with E-state index in [1.807, 2.05) is 43.3 Å². The second-order valence-corrected chi connectivity index (χ2v) is 7.22. The number of benzene rings is 2. The van der Waals surface area contributed by atoms with Gasteiger partial charge in [-0.3, -0.25) is 9.36 Å². The Balaban J connectivity index is 1.50. The van der Waals surface area contributed by atoms with Gasteiger partial charge in [0.1, 0.15) is 18.3 Å². The monoisotopic (exact) mass is 418 g/mol. The van der Waals surface area contributed by atoms with Gasteiger partial charge in [0, 0.05) is 10.6 Å². The highest BCUT2D eigenvalue weighted by molar-refractivity contribution is 6.30. The Kier molecular flexibility index (Phi) is 4.40. The molecule has 2 aromatic carbocycles. The Hall–Kier alpha value is -3.78. The number of fused-ring (bicyclic) bond motifs is 1. The minimum atomic E-state index is -0.245. The molecule has 5 aromatic rings. The molecule has 148 valence electrons. The Bertz CT molecular complexity index is 1420. The van der Waals surface area contributed by atoms with Crippen LogP contribution < -0.4 is 5.56 Å². The number of hydrogen-bond donors (Lipinski definition) is 0. The summed E-state index contributed by atoms with van der Waals surface area (Å²) in [6.07, 6.45) is 2.96. The minimum Gasteiger partial charge on any atom is -0.337 e. The van der Waals surface area contributed by atoms with Gasteiger partial charge in [-0.2, -0.15) is 10.1 Å². The Morgan fingerprint density at radius 3 is 2.80 bits per heavy atom. The zero-order valence-electron chi connectivity index (χ0n) is 15.9. The molecule has 0 saturated heterocycles. The standard InChI is InChI=1S/C21H15ClN6O2/c1-13-7-8-15(22)9-17(13)28-20-16(10-24-28)21(29)27(12-23-20)11-18-25-19(26-30-18)14-5-3-2-4-6-14/h2-10,12H,11H2,1H3. The third-order valence-corrected chi connectivity index (χ3v) is 4.99. The van der Waals surface area contributed by atoms with Crippen molar-refractivity contribution >= 4 is 22.6 Å². The van der Waals surface area contributed by atoms with Gasteiger partial charge < -0.3 is 4.52 Å². The first-order valence-electron chi connectivity index (χ1n) is 9.18. The molecule has 3 aromatic heterocycles. The zero-order valence-corrected chi connectivity index (χ0v) is 16.6. The summed E-state index contributed by atoms with van der Waals surface area (Å²) in [7, 11) is 0. The van der Waals surface area contributed by atoms with E-state index >= 15 is 0 Å². The maximum Gasteiger partial charge on any atom is 0.264 e. The van der Waals surface area contributed by atoms with Crippen molar-refractivity contribution in [2.75, 3.05) is 0 Å². The first-order chi connectivity index (χ1) is 14.6. The molecule has 5 rings (SSSR count). The first-order valence-corrected chi connectivity index (χ1v) is 9.55. The van der Waals surface area contributed by atoms with Crippen LogP contribution in [0, 0.1) is 6.92 Å². The molecule has 0 unspecified atom stereocenters. The van der Waals surface area contributed by atoms with Crippen LogP contribution in [0.3, 0.4) is 0 Å². The first kappa shape index (κ1) is 18.3. The number of rotatable bonds is 4. The van der Waals surface area contributed by atoms with Gasteiger partial charge in [-0.1, -0.05) is 53.2 Å². The summed E-state index contributed by atoms with van der Waals surface area (Å²) in [5.74, 6) is 0.784. The minimum absolute atomic E-state index is 0.114. The topological polar surface area (TPSA) is 91.6 Å². The fraction of sp³-hybridized carbons (Fsp3) is 0.0952. The average Bonchev–Trinajstić information content (AvgIpc) is 3.40. The summed E-state index contributed by atoms with van der Waals surface area (Å²) < 4.78 is 8.34. The van der Waals surface area contributed by atoms with E-state index in [1.54, 1.807) is 16.8 Å². The smallest absolute Gasteiger partial charge is 0.264 e. The normalized spacial score (nSPS) is 11.3. The fourth-order valence-electron chi connectivity index (χ4n) is 3.22. The summed E-state index contributed by atoms with van der Waals surface area (Å²) in [5.41, 5.74) is 2.79. The predicted molar refractivity (Wildman–Crippen MR) is 112 cm³/mol. The van der Waals surface area contributed by atoms with Crippen LogP contribution in [0.5, 0.6) is 0 Å². The van der Waals surface area contributed by atoms with Gasteiger partial charge in [0.05, 0.1) is 11.9 Å². The van der Waals surface area contributed by atoms with Crippen LogP contribution in [0.15, 0.2) is 70.4 Å². The second-order valence-electron chi connectivity index (χ2n) is 6.78. The van der Waals surface area contributed by atoms with Crippen molar-refractivity contribution in [1.82, 2.24) is 29.5 Å². The van der Waals surface area contributed by atoms with E-state index in [9.17, 15) is 4.79 Å². The number of aryl methyl sites for hydroxylation is 1. The van der Waals surface area contributed by atoms with Crippen molar-refractivity contribution in [1.29, 1.82) is 0 Å². The summed E-state index contributed by atoms with van der Waals surface area (Å²) in [5, 5.41) is 9.31. The molecule has 3 heterocycles. The number of aromatic nitrogens is 6. The van der Waals surface area contributed by atoms with E-state index in [1.165, 1.54) is 17.1 Å². The number of hydrogen-bond acceptors (Lipinski definition) is 6. The van der Waals surface area contributed by atoms with Crippen LogP contribution in [0.1, 0.15) is 11.5 Å². The lowest BCUT2D eigenvalue weighted by atomic mass is 10.2. The maximum absolute atomic E-state index is 13.0. The molecule has 0 N–H and O–H groups in total. The van der Waals surface area contributed by atoms with Crippen LogP contribution in [0.25, 0.3) is 28.1 Å². The van der Waals surface area contributed by atoms with E-state index < -0.39 is 0 Å². The highest BCUT2D eigenvalue weighted by Crippen LogP contribution is 2.21. The van der Waals surface area contributed by atoms with Crippen LogP contribution in [0.4, 0.5) is 0 Å². The quantitative estimate of drug-likeness (QED) is 0.442. The third kappa shape index (κ3) is 3.17. The third-order valence-electron chi connectivity index (χ3n) is 4.76.